The van der Waals surface area contributed by atoms with Gasteiger partial charge in [0.15, 0.2) is 0 Å². The lowest BCUT2D eigenvalue weighted by Crippen LogP contribution is -2.31. The fourth-order valence-corrected chi connectivity index (χ4v) is 2.56. The highest BCUT2D eigenvalue weighted by Gasteiger charge is 2.24. The molecular formula is C15H19FN2O3. The van der Waals surface area contributed by atoms with Crippen molar-refractivity contribution in [2.75, 3.05) is 25.0 Å². The Morgan fingerprint density at radius 3 is 2.71 bits per heavy atom. The maximum absolute atomic E-state index is 12.8. The molecule has 1 aliphatic rings. The number of hydrogen-bond acceptors (Lipinski definition) is 3. The number of anilines is 1. The van der Waals surface area contributed by atoms with E-state index in [9.17, 15) is 14.0 Å². The van der Waals surface area contributed by atoms with E-state index in [1.54, 1.807) is 0 Å². The maximum Gasteiger partial charge on any atom is 0.303 e. The molecule has 1 fully saturated rings. The van der Waals surface area contributed by atoms with Crippen LogP contribution < -0.4 is 5.32 Å². The molecule has 0 saturated carbocycles. The van der Waals surface area contributed by atoms with Crippen LogP contribution in [0.4, 0.5) is 10.1 Å². The van der Waals surface area contributed by atoms with Gasteiger partial charge in [-0.05, 0) is 49.6 Å². The van der Waals surface area contributed by atoms with Crippen LogP contribution in [-0.2, 0) is 9.59 Å². The highest BCUT2D eigenvalue weighted by Crippen LogP contribution is 2.20. The number of likely N-dealkylation sites (tertiary alicyclic amines) is 1. The summed E-state index contributed by atoms with van der Waals surface area (Å²) in [7, 11) is 0. The van der Waals surface area contributed by atoms with Crippen molar-refractivity contribution in [2.45, 2.75) is 19.3 Å². The molecule has 1 aromatic rings. The van der Waals surface area contributed by atoms with Crippen LogP contribution in [-0.4, -0.2) is 41.5 Å². The van der Waals surface area contributed by atoms with Crippen molar-refractivity contribution in [1.29, 1.82) is 0 Å². The minimum absolute atomic E-state index is 0.138. The molecule has 1 amide bonds. The molecule has 1 aliphatic heterocycles. The zero-order valence-corrected chi connectivity index (χ0v) is 11.7. The summed E-state index contributed by atoms with van der Waals surface area (Å²) in [5.74, 6) is -0.906. The number of carbonyl (C=O) groups is 2. The SMILES string of the molecule is O=C(O)CCC1CCN(CC(=O)Nc2ccc(F)cc2)C1. The standard InChI is InChI=1S/C15H19FN2O3/c16-12-2-4-13(5-3-12)17-14(19)10-18-8-7-11(9-18)1-6-15(20)21/h2-5,11H,1,6-10H2,(H,17,19)(H,20,21). The van der Waals surface area contributed by atoms with E-state index in [1.165, 1.54) is 24.3 Å². The summed E-state index contributed by atoms with van der Waals surface area (Å²) in [4.78, 5) is 24.4. The fourth-order valence-electron chi connectivity index (χ4n) is 2.56. The first-order chi connectivity index (χ1) is 10.0. The summed E-state index contributed by atoms with van der Waals surface area (Å²) in [5, 5.41) is 11.4. The Labute approximate surface area is 122 Å². The Morgan fingerprint density at radius 2 is 2.05 bits per heavy atom. The summed E-state index contributed by atoms with van der Waals surface area (Å²) in [5.41, 5.74) is 0.572. The monoisotopic (exact) mass is 294 g/mol. The van der Waals surface area contributed by atoms with Gasteiger partial charge in [0.2, 0.25) is 5.91 Å². The van der Waals surface area contributed by atoms with E-state index in [2.05, 4.69) is 5.32 Å². The van der Waals surface area contributed by atoms with Gasteiger partial charge in [0.1, 0.15) is 5.82 Å². The first kappa shape index (κ1) is 15.4. The van der Waals surface area contributed by atoms with Crippen molar-refractivity contribution in [2.24, 2.45) is 5.92 Å². The Bertz CT molecular complexity index is 504. The highest BCUT2D eigenvalue weighted by molar-refractivity contribution is 5.92. The lowest BCUT2D eigenvalue weighted by atomic mass is 10.0. The molecule has 1 unspecified atom stereocenters. The van der Waals surface area contributed by atoms with Gasteiger partial charge < -0.3 is 10.4 Å². The zero-order valence-electron chi connectivity index (χ0n) is 11.7. The van der Waals surface area contributed by atoms with Crippen molar-refractivity contribution >= 4 is 17.6 Å². The van der Waals surface area contributed by atoms with Gasteiger partial charge in [0, 0.05) is 18.7 Å². The number of carbonyl (C=O) groups excluding carboxylic acids is 1. The molecule has 0 spiro atoms. The molecule has 21 heavy (non-hydrogen) atoms. The summed E-state index contributed by atoms with van der Waals surface area (Å²) in [6.07, 6.45) is 1.77. The third kappa shape index (κ3) is 5.15. The Balaban J connectivity index is 1.73. The predicted octanol–water partition coefficient (Wildman–Crippen LogP) is 1.95. The molecule has 2 N–H and O–H groups in total. The number of nitrogens with zero attached hydrogens (tertiary/aromatic N) is 1. The number of rotatable bonds is 6. The summed E-state index contributed by atoms with van der Waals surface area (Å²) in [6, 6.07) is 5.64. The van der Waals surface area contributed by atoms with E-state index in [4.69, 9.17) is 5.11 Å². The number of aliphatic carboxylic acids is 1. The van der Waals surface area contributed by atoms with Crippen molar-refractivity contribution in [3.63, 3.8) is 0 Å². The minimum Gasteiger partial charge on any atom is -0.481 e. The minimum atomic E-state index is -0.775. The van der Waals surface area contributed by atoms with Crippen LogP contribution in [0.2, 0.25) is 0 Å². The topological polar surface area (TPSA) is 69.6 Å². The van der Waals surface area contributed by atoms with Crippen LogP contribution in [0.1, 0.15) is 19.3 Å². The molecule has 1 heterocycles. The molecule has 1 saturated heterocycles. The normalized spacial score (nSPS) is 18.6. The van der Waals surface area contributed by atoms with Gasteiger partial charge in [-0.2, -0.15) is 0 Å². The predicted molar refractivity (Wildman–Crippen MR) is 76.4 cm³/mol. The second kappa shape index (κ2) is 7.17. The number of amides is 1. The van der Waals surface area contributed by atoms with Crippen molar-refractivity contribution in [3.05, 3.63) is 30.1 Å². The largest absolute Gasteiger partial charge is 0.481 e. The molecule has 0 aromatic heterocycles. The van der Waals surface area contributed by atoms with E-state index in [0.717, 1.165) is 19.5 Å². The van der Waals surface area contributed by atoms with Gasteiger partial charge in [0.25, 0.3) is 0 Å². The third-order valence-electron chi connectivity index (χ3n) is 3.63. The lowest BCUT2D eigenvalue weighted by molar-refractivity contribution is -0.137. The highest BCUT2D eigenvalue weighted by atomic mass is 19.1. The van der Waals surface area contributed by atoms with Crippen LogP contribution >= 0.6 is 0 Å². The zero-order chi connectivity index (χ0) is 15.2. The van der Waals surface area contributed by atoms with E-state index in [-0.39, 0.29) is 24.7 Å². The second-order valence-corrected chi connectivity index (χ2v) is 5.38. The van der Waals surface area contributed by atoms with Gasteiger partial charge in [-0.3, -0.25) is 14.5 Å². The molecule has 1 aromatic carbocycles. The Kier molecular flexibility index (Phi) is 5.27. The maximum atomic E-state index is 12.8. The van der Waals surface area contributed by atoms with E-state index in [1.807, 2.05) is 4.90 Å². The molecule has 1 atom stereocenters. The first-order valence-electron chi connectivity index (χ1n) is 7.02. The third-order valence-corrected chi connectivity index (χ3v) is 3.63. The summed E-state index contributed by atoms with van der Waals surface area (Å²) in [6.45, 7) is 1.84. The number of halogens is 1. The molecule has 0 radical (unpaired) electrons. The van der Waals surface area contributed by atoms with Gasteiger partial charge in [-0.15, -0.1) is 0 Å². The van der Waals surface area contributed by atoms with Crippen molar-refractivity contribution in [3.8, 4) is 0 Å². The van der Waals surface area contributed by atoms with Crippen LogP contribution in [0.25, 0.3) is 0 Å². The molecule has 0 bridgehead atoms. The Morgan fingerprint density at radius 1 is 1.33 bits per heavy atom. The quantitative estimate of drug-likeness (QED) is 0.841. The molecule has 114 valence electrons. The van der Waals surface area contributed by atoms with E-state index < -0.39 is 5.97 Å². The number of nitrogens with one attached hydrogen (secondary N) is 1. The van der Waals surface area contributed by atoms with Crippen molar-refractivity contribution < 1.29 is 19.1 Å². The average Bonchev–Trinajstić information content (AvgIpc) is 2.86. The van der Waals surface area contributed by atoms with Crippen LogP contribution in [0.15, 0.2) is 24.3 Å². The van der Waals surface area contributed by atoms with Gasteiger partial charge in [0.05, 0.1) is 6.54 Å². The van der Waals surface area contributed by atoms with Crippen LogP contribution in [0.3, 0.4) is 0 Å². The van der Waals surface area contributed by atoms with E-state index >= 15 is 0 Å². The number of benzene rings is 1. The van der Waals surface area contributed by atoms with Crippen molar-refractivity contribution in [1.82, 2.24) is 4.90 Å². The second-order valence-electron chi connectivity index (χ2n) is 5.38. The molecule has 2 rings (SSSR count). The van der Waals surface area contributed by atoms with Gasteiger partial charge in [-0.25, -0.2) is 4.39 Å². The smallest absolute Gasteiger partial charge is 0.303 e. The number of carboxylic acid groups (broad SMARTS) is 1. The van der Waals surface area contributed by atoms with Crippen LogP contribution in [0, 0.1) is 11.7 Å². The fraction of sp³-hybridized carbons (Fsp3) is 0.467. The Hall–Kier alpha value is -1.95. The van der Waals surface area contributed by atoms with Gasteiger partial charge >= 0.3 is 5.97 Å². The molecule has 5 nitrogen and oxygen atoms in total. The summed E-state index contributed by atoms with van der Waals surface area (Å²) < 4.78 is 12.8. The van der Waals surface area contributed by atoms with Gasteiger partial charge in [-0.1, -0.05) is 0 Å². The number of carboxylic acids is 1. The molecule has 0 aliphatic carbocycles. The molecule has 6 heteroatoms. The summed E-state index contributed by atoms with van der Waals surface area (Å²) >= 11 is 0. The lowest BCUT2D eigenvalue weighted by Gasteiger charge is -2.15. The first-order valence-corrected chi connectivity index (χ1v) is 7.02. The molecular weight excluding hydrogens is 275 g/mol. The van der Waals surface area contributed by atoms with Crippen LogP contribution in [0.5, 0.6) is 0 Å². The number of hydrogen-bond donors (Lipinski definition) is 2. The van der Waals surface area contributed by atoms with E-state index in [0.29, 0.717) is 18.0 Å². The average molecular weight is 294 g/mol.